The van der Waals surface area contributed by atoms with Crippen LogP contribution in [-0.2, 0) is 14.3 Å². The van der Waals surface area contributed by atoms with Crippen molar-refractivity contribution in [2.45, 2.75) is 6.92 Å². The summed E-state index contributed by atoms with van der Waals surface area (Å²) >= 11 is 0. The number of hydrogen-bond acceptors (Lipinski definition) is 6. The Morgan fingerprint density at radius 1 is 1.15 bits per heavy atom. The fraction of sp³-hybridized carbons (Fsp3) is 0.308. The molecule has 0 fully saturated rings. The molecule has 2 amide bonds. The number of esters is 1. The van der Waals surface area contributed by atoms with Gasteiger partial charge < -0.3 is 14.2 Å². The number of rotatable bonds is 5. The first kappa shape index (κ1) is 15.5. The molecule has 1 rings (SSSR count). The Kier molecular flexibility index (Phi) is 6.02. The summed E-state index contributed by atoms with van der Waals surface area (Å²) in [6.45, 7) is 1.47. The molecule has 0 aliphatic heterocycles. The summed E-state index contributed by atoms with van der Waals surface area (Å²) in [5.74, 6) is -0.700. The van der Waals surface area contributed by atoms with Crippen LogP contribution in [0.4, 0.5) is 4.79 Å². The van der Waals surface area contributed by atoms with E-state index in [1.165, 1.54) is 31.4 Å². The molecular weight excluding hydrogens is 266 g/mol. The molecule has 1 aromatic rings. The molecule has 0 atom stereocenters. The number of benzene rings is 1. The highest BCUT2D eigenvalue weighted by Gasteiger charge is 2.09. The lowest BCUT2D eigenvalue weighted by molar-refractivity contribution is -0.122. The Morgan fingerprint density at radius 2 is 1.80 bits per heavy atom. The number of carbonyl (C=O) groups is 3. The molecule has 7 heteroatoms. The lowest BCUT2D eigenvalue weighted by Crippen LogP contribution is -2.34. The second-order valence-electron chi connectivity index (χ2n) is 3.57. The Bertz CT molecular complexity index is 482. The molecule has 20 heavy (non-hydrogen) atoms. The third kappa shape index (κ3) is 4.97. The van der Waals surface area contributed by atoms with Gasteiger partial charge in [-0.1, -0.05) is 0 Å². The zero-order valence-corrected chi connectivity index (χ0v) is 11.2. The summed E-state index contributed by atoms with van der Waals surface area (Å²) in [6.07, 6.45) is -0.817. The monoisotopic (exact) mass is 281 g/mol. The molecule has 0 saturated carbocycles. The van der Waals surface area contributed by atoms with Crippen molar-refractivity contribution in [3.63, 3.8) is 0 Å². The van der Waals surface area contributed by atoms with Gasteiger partial charge in [0.05, 0.1) is 19.3 Å². The van der Waals surface area contributed by atoms with Gasteiger partial charge in [0.25, 0.3) is 5.91 Å². The zero-order valence-electron chi connectivity index (χ0n) is 11.2. The third-order valence-electron chi connectivity index (χ3n) is 2.16. The number of methoxy groups -OCH3 is 1. The molecule has 0 aromatic heterocycles. The highest BCUT2D eigenvalue weighted by atomic mass is 16.5. The predicted molar refractivity (Wildman–Crippen MR) is 68.4 cm³/mol. The van der Waals surface area contributed by atoms with Crippen molar-refractivity contribution in [3.8, 4) is 5.75 Å². The van der Waals surface area contributed by atoms with E-state index in [0.29, 0.717) is 11.3 Å². The van der Waals surface area contributed by atoms with Crippen LogP contribution in [0.2, 0.25) is 0 Å². The van der Waals surface area contributed by atoms with Gasteiger partial charge in [-0.2, -0.15) is 0 Å². The van der Waals surface area contributed by atoms with Crippen LogP contribution in [0, 0.1) is 0 Å². The first-order chi connectivity index (χ1) is 9.56. The smallest absolute Gasteiger partial charge is 0.413 e. The van der Waals surface area contributed by atoms with Gasteiger partial charge in [-0.05, 0) is 31.2 Å². The van der Waals surface area contributed by atoms with Gasteiger partial charge in [-0.3, -0.25) is 10.1 Å². The van der Waals surface area contributed by atoms with Gasteiger partial charge in [-0.25, -0.2) is 9.59 Å². The zero-order chi connectivity index (χ0) is 15.0. The fourth-order valence-corrected chi connectivity index (χ4v) is 1.27. The molecule has 0 saturated heterocycles. The largest absolute Gasteiger partial charge is 0.484 e. The van der Waals surface area contributed by atoms with Crippen molar-refractivity contribution in [1.82, 2.24) is 5.32 Å². The van der Waals surface area contributed by atoms with Gasteiger partial charge in [0, 0.05) is 0 Å². The minimum Gasteiger partial charge on any atom is -0.484 e. The van der Waals surface area contributed by atoms with Crippen LogP contribution in [0.25, 0.3) is 0 Å². The number of imide groups is 1. The van der Waals surface area contributed by atoms with E-state index < -0.39 is 18.0 Å². The third-order valence-corrected chi connectivity index (χ3v) is 2.16. The van der Waals surface area contributed by atoms with E-state index in [9.17, 15) is 14.4 Å². The lowest BCUT2D eigenvalue weighted by Gasteiger charge is -2.07. The average Bonchev–Trinajstić information content (AvgIpc) is 2.45. The summed E-state index contributed by atoms with van der Waals surface area (Å²) < 4.78 is 14.2. The maximum atomic E-state index is 11.3. The Morgan fingerprint density at radius 3 is 2.35 bits per heavy atom. The number of alkyl carbamates (subject to hydrolysis) is 1. The topological polar surface area (TPSA) is 90.9 Å². The summed E-state index contributed by atoms with van der Waals surface area (Å²) in [5, 5.41) is 1.99. The number of carbonyl (C=O) groups excluding carboxylic acids is 3. The van der Waals surface area contributed by atoms with Crippen LogP contribution < -0.4 is 10.1 Å². The molecule has 7 nitrogen and oxygen atoms in total. The number of nitrogens with one attached hydrogen (secondary N) is 1. The molecule has 0 heterocycles. The molecule has 0 bridgehead atoms. The second-order valence-corrected chi connectivity index (χ2v) is 3.57. The summed E-state index contributed by atoms with van der Waals surface area (Å²) in [4.78, 5) is 33.5. The molecule has 0 radical (unpaired) electrons. The highest BCUT2D eigenvalue weighted by molar-refractivity contribution is 5.92. The minimum atomic E-state index is -0.817. The van der Waals surface area contributed by atoms with Crippen LogP contribution in [-0.4, -0.2) is 38.3 Å². The van der Waals surface area contributed by atoms with Crippen LogP contribution >= 0.6 is 0 Å². The van der Waals surface area contributed by atoms with E-state index in [4.69, 9.17) is 4.74 Å². The molecule has 0 unspecified atom stereocenters. The lowest BCUT2D eigenvalue weighted by atomic mass is 10.2. The molecule has 0 aliphatic carbocycles. The van der Waals surface area contributed by atoms with E-state index in [1.807, 2.05) is 5.32 Å². The van der Waals surface area contributed by atoms with Crippen molar-refractivity contribution in [3.05, 3.63) is 29.8 Å². The van der Waals surface area contributed by atoms with Crippen molar-refractivity contribution in [2.24, 2.45) is 0 Å². The number of hydrogen-bond donors (Lipinski definition) is 1. The Balaban J connectivity index is 2.44. The summed E-state index contributed by atoms with van der Waals surface area (Å²) in [6, 6.07) is 6.04. The summed E-state index contributed by atoms with van der Waals surface area (Å²) in [7, 11) is 1.28. The second kappa shape index (κ2) is 7.78. The maximum Gasteiger partial charge on any atom is 0.413 e. The fourth-order valence-electron chi connectivity index (χ4n) is 1.27. The van der Waals surface area contributed by atoms with Gasteiger partial charge >= 0.3 is 12.1 Å². The standard InChI is InChI=1S/C13H15NO6/c1-3-19-13(17)14-11(15)8-20-10-6-4-9(5-7-10)12(16)18-2/h4-7H,3,8H2,1-2H3,(H,14,15,17). The van der Waals surface area contributed by atoms with E-state index in [-0.39, 0.29) is 13.2 Å². The molecule has 1 aromatic carbocycles. The molecule has 0 spiro atoms. The van der Waals surface area contributed by atoms with Gasteiger partial charge in [-0.15, -0.1) is 0 Å². The van der Waals surface area contributed by atoms with Gasteiger partial charge in [0.2, 0.25) is 0 Å². The molecule has 0 aliphatic rings. The SMILES string of the molecule is CCOC(=O)NC(=O)COc1ccc(C(=O)OC)cc1. The van der Waals surface area contributed by atoms with E-state index in [0.717, 1.165) is 0 Å². The first-order valence-corrected chi connectivity index (χ1v) is 5.84. The van der Waals surface area contributed by atoms with E-state index >= 15 is 0 Å². The Labute approximate surface area is 115 Å². The van der Waals surface area contributed by atoms with Crippen LogP contribution in [0.3, 0.4) is 0 Å². The van der Waals surface area contributed by atoms with Crippen LogP contribution in [0.15, 0.2) is 24.3 Å². The van der Waals surface area contributed by atoms with Crippen LogP contribution in [0.5, 0.6) is 5.75 Å². The van der Waals surface area contributed by atoms with Crippen molar-refractivity contribution < 1.29 is 28.6 Å². The van der Waals surface area contributed by atoms with Crippen molar-refractivity contribution in [2.75, 3.05) is 20.3 Å². The highest BCUT2D eigenvalue weighted by Crippen LogP contribution is 2.12. The van der Waals surface area contributed by atoms with Gasteiger partial charge in [0.15, 0.2) is 6.61 Å². The molecule has 108 valence electrons. The predicted octanol–water partition coefficient (Wildman–Crippen LogP) is 1.12. The Hall–Kier alpha value is -2.57. The molecular formula is C13H15NO6. The number of amides is 2. The average molecular weight is 281 g/mol. The first-order valence-electron chi connectivity index (χ1n) is 5.84. The quantitative estimate of drug-likeness (QED) is 0.813. The van der Waals surface area contributed by atoms with Gasteiger partial charge in [0.1, 0.15) is 5.75 Å². The van der Waals surface area contributed by atoms with Crippen molar-refractivity contribution in [1.29, 1.82) is 0 Å². The van der Waals surface area contributed by atoms with Crippen LogP contribution in [0.1, 0.15) is 17.3 Å². The maximum absolute atomic E-state index is 11.3. The van der Waals surface area contributed by atoms with E-state index in [2.05, 4.69) is 9.47 Å². The minimum absolute atomic E-state index is 0.176. The number of ether oxygens (including phenoxy) is 3. The van der Waals surface area contributed by atoms with Crippen molar-refractivity contribution >= 4 is 18.0 Å². The molecule has 1 N–H and O–H groups in total. The summed E-state index contributed by atoms with van der Waals surface area (Å²) in [5.41, 5.74) is 0.371. The normalized spacial score (nSPS) is 9.50. The van der Waals surface area contributed by atoms with E-state index in [1.54, 1.807) is 6.92 Å².